The lowest BCUT2D eigenvalue weighted by atomic mass is 9.63. The molecule has 0 amide bonds. The maximum Gasteiger partial charge on any atom is 0.419 e. The van der Waals surface area contributed by atoms with Gasteiger partial charge in [-0.3, -0.25) is 0 Å². The van der Waals surface area contributed by atoms with Gasteiger partial charge in [0.15, 0.2) is 28.8 Å². The van der Waals surface area contributed by atoms with Gasteiger partial charge in [-0.05, 0) is 30.4 Å². The van der Waals surface area contributed by atoms with Crippen molar-refractivity contribution < 1.29 is 36.6 Å². The van der Waals surface area contributed by atoms with E-state index in [-0.39, 0.29) is 28.0 Å². The number of phenols is 1. The fraction of sp³-hybridized carbons (Fsp3) is 0.364. The zero-order valence-corrected chi connectivity index (χ0v) is 17.7. The molecule has 4 rings (SSSR count). The maximum absolute atomic E-state index is 14.3. The number of phenolic OH excluding ortho intramolecular Hbond substituents is 1. The highest BCUT2D eigenvalue weighted by molar-refractivity contribution is 5.91. The van der Waals surface area contributed by atoms with Gasteiger partial charge in [0.25, 0.3) is 0 Å². The Balaban J connectivity index is 1.99. The number of fused-ring (bicyclic) bond motifs is 2. The van der Waals surface area contributed by atoms with Crippen LogP contribution in [0.5, 0.6) is 5.75 Å². The zero-order valence-electron chi connectivity index (χ0n) is 17.7. The summed E-state index contributed by atoms with van der Waals surface area (Å²) < 4.78 is 85.4. The lowest BCUT2D eigenvalue weighted by molar-refractivity contribution is -0.276. The number of hydrogen-bond acceptors (Lipinski definition) is 5. The first kappa shape index (κ1) is 23.1. The van der Waals surface area contributed by atoms with Gasteiger partial charge in [-0.2, -0.15) is 13.2 Å². The molecular weight excluding hydrogens is 452 g/mol. The Hall–Kier alpha value is -3.08. The summed E-state index contributed by atoms with van der Waals surface area (Å²) in [6.07, 6.45) is -5.00. The Morgan fingerprint density at radius 2 is 1.79 bits per heavy atom. The molecule has 0 bridgehead atoms. The monoisotopic (exact) mass is 471 g/mol. The summed E-state index contributed by atoms with van der Waals surface area (Å²) in [5.41, 5.74) is -6.04. The van der Waals surface area contributed by atoms with E-state index in [1.54, 1.807) is 0 Å². The Bertz CT molecular complexity index is 1280. The molecular formula is C22H19F6N3O2. The summed E-state index contributed by atoms with van der Waals surface area (Å²) in [7, 11) is 0. The molecule has 176 valence electrons. The molecule has 0 aliphatic heterocycles. The molecule has 0 fully saturated rings. The van der Waals surface area contributed by atoms with Crippen molar-refractivity contribution in [1.29, 1.82) is 0 Å². The van der Waals surface area contributed by atoms with Crippen molar-refractivity contribution in [3.63, 3.8) is 0 Å². The van der Waals surface area contributed by atoms with Crippen LogP contribution in [0.15, 0.2) is 24.4 Å². The fourth-order valence-electron chi connectivity index (χ4n) is 4.61. The van der Waals surface area contributed by atoms with Crippen molar-refractivity contribution in [2.24, 2.45) is 0 Å². The second-order valence-electron chi connectivity index (χ2n) is 8.82. The van der Waals surface area contributed by atoms with E-state index in [0.29, 0.717) is 6.07 Å². The molecule has 0 saturated carbocycles. The van der Waals surface area contributed by atoms with Gasteiger partial charge in [-0.25, -0.2) is 23.1 Å². The minimum atomic E-state index is -5.18. The zero-order chi connectivity index (χ0) is 24.5. The van der Waals surface area contributed by atoms with Crippen molar-refractivity contribution in [2.45, 2.75) is 50.4 Å². The van der Waals surface area contributed by atoms with Gasteiger partial charge in [-0.15, -0.1) is 0 Å². The molecule has 1 aliphatic carbocycles. The average Bonchev–Trinajstić information content (AvgIpc) is 2.69. The standard InChI is InChI=1S/C22H19F6N3O2/c1-9-29-7-11-14(6-13(24)16(25)17(11)30-9)31-19-10-4-5-12(23)18(32)15(10)20(2,3)8-21(19,33)22(26,27)28/h4-7,19,31-33H,8H2,1-3H3/t19-,21-/m0/s1. The van der Waals surface area contributed by atoms with Gasteiger partial charge in [0.05, 0.1) is 6.04 Å². The van der Waals surface area contributed by atoms with Crippen LogP contribution in [0.4, 0.5) is 32.0 Å². The average molecular weight is 471 g/mol. The van der Waals surface area contributed by atoms with E-state index in [9.17, 15) is 36.6 Å². The Morgan fingerprint density at radius 3 is 2.42 bits per heavy atom. The summed E-state index contributed by atoms with van der Waals surface area (Å²) in [5.74, 6) is -4.47. The molecule has 33 heavy (non-hydrogen) atoms. The first-order valence-corrected chi connectivity index (χ1v) is 9.86. The summed E-state index contributed by atoms with van der Waals surface area (Å²) in [4.78, 5) is 7.72. The van der Waals surface area contributed by atoms with Gasteiger partial charge >= 0.3 is 6.18 Å². The number of anilines is 1. The number of halogens is 6. The molecule has 3 aromatic rings. The summed E-state index contributed by atoms with van der Waals surface area (Å²) in [6.45, 7) is 4.10. The highest BCUT2D eigenvalue weighted by Gasteiger charge is 2.64. The molecule has 2 atom stereocenters. The number of aromatic nitrogens is 2. The van der Waals surface area contributed by atoms with Crippen LogP contribution in [-0.4, -0.2) is 32.0 Å². The topological polar surface area (TPSA) is 78.3 Å². The molecule has 1 aromatic heterocycles. The first-order valence-electron chi connectivity index (χ1n) is 9.86. The lowest BCUT2D eigenvalue weighted by Gasteiger charge is -2.49. The van der Waals surface area contributed by atoms with Gasteiger partial charge in [0, 0.05) is 28.9 Å². The Kier molecular flexibility index (Phi) is 5.04. The van der Waals surface area contributed by atoms with Crippen LogP contribution in [0.3, 0.4) is 0 Å². The Labute approximate surface area is 184 Å². The third kappa shape index (κ3) is 3.45. The molecule has 3 N–H and O–H groups in total. The SMILES string of the molecule is Cc1ncc2c(N[C@H]3c4ccc(F)c(O)c4C(C)(C)C[C@@]3(O)C(F)(F)F)cc(F)c(F)c2n1. The third-order valence-electron chi connectivity index (χ3n) is 6.02. The lowest BCUT2D eigenvalue weighted by Crippen LogP contribution is -2.58. The van der Waals surface area contributed by atoms with Gasteiger partial charge in [0.1, 0.15) is 11.3 Å². The summed E-state index contributed by atoms with van der Waals surface area (Å²) >= 11 is 0. The van der Waals surface area contributed by atoms with E-state index >= 15 is 0 Å². The number of nitrogens with one attached hydrogen (secondary N) is 1. The number of rotatable bonds is 2. The molecule has 11 heteroatoms. The van der Waals surface area contributed by atoms with E-state index < -0.39 is 58.4 Å². The molecule has 0 radical (unpaired) electrons. The molecule has 1 heterocycles. The number of aliphatic hydroxyl groups is 1. The van der Waals surface area contributed by atoms with Crippen LogP contribution >= 0.6 is 0 Å². The quantitative estimate of drug-likeness (QED) is 0.449. The number of alkyl halides is 3. The van der Waals surface area contributed by atoms with Gasteiger partial charge in [0.2, 0.25) is 0 Å². The van der Waals surface area contributed by atoms with Crippen molar-refractivity contribution in [3.05, 3.63) is 58.8 Å². The van der Waals surface area contributed by atoms with E-state index in [1.165, 1.54) is 20.8 Å². The summed E-state index contributed by atoms with van der Waals surface area (Å²) in [5, 5.41) is 23.6. The second-order valence-corrected chi connectivity index (χ2v) is 8.82. The molecule has 0 unspecified atom stereocenters. The minimum absolute atomic E-state index is 0.106. The smallest absolute Gasteiger partial charge is 0.419 e. The minimum Gasteiger partial charge on any atom is -0.505 e. The number of benzene rings is 2. The van der Waals surface area contributed by atoms with E-state index in [0.717, 1.165) is 18.3 Å². The highest BCUT2D eigenvalue weighted by Crippen LogP contribution is 2.56. The van der Waals surface area contributed by atoms with Crippen LogP contribution < -0.4 is 5.32 Å². The third-order valence-corrected chi connectivity index (χ3v) is 6.02. The van der Waals surface area contributed by atoms with Gasteiger partial charge < -0.3 is 15.5 Å². The van der Waals surface area contributed by atoms with Crippen LogP contribution in [0, 0.1) is 24.4 Å². The van der Waals surface area contributed by atoms with Crippen LogP contribution in [0.1, 0.15) is 43.3 Å². The van der Waals surface area contributed by atoms with E-state index in [2.05, 4.69) is 15.3 Å². The Morgan fingerprint density at radius 1 is 1.12 bits per heavy atom. The largest absolute Gasteiger partial charge is 0.505 e. The maximum atomic E-state index is 14.3. The number of nitrogens with zero attached hydrogens (tertiary/aromatic N) is 2. The van der Waals surface area contributed by atoms with Crippen LogP contribution in [-0.2, 0) is 5.41 Å². The predicted molar refractivity (Wildman–Crippen MR) is 107 cm³/mol. The second kappa shape index (κ2) is 7.21. The van der Waals surface area contributed by atoms with Crippen LogP contribution in [0.25, 0.3) is 10.9 Å². The molecule has 0 saturated heterocycles. The van der Waals surface area contributed by atoms with Crippen molar-refractivity contribution in [3.8, 4) is 5.75 Å². The van der Waals surface area contributed by atoms with E-state index in [4.69, 9.17) is 0 Å². The predicted octanol–water partition coefficient (Wildman–Crippen LogP) is 5.19. The van der Waals surface area contributed by atoms with E-state index in [1.807, 2.05) is 0 Å². The molecule has 2 aromatic carbocycles. The van der Waals surface area contributed by atoms with Crippen LogP contribution in [0.2, 0.25) is 0 Å². The van der Waals surface area contributed by atoms with Gasteiger partial charge in [-0.1, -0.05) is 19.9 Å². The summed E-state index contributed by atoms with van der Waals surface area (Å²) in [6, 6.07) is 0.427. The van der Waals surface area contributed by atoms with Crippen molar-refractivity contribution in [2.75, 3.05) is 5.32 Å². The normalized spacial score (nSPS) is 22.3. The first-order chi connectivity index (χ1) is 15.2. The number of aromatic hydroxyl groups is 1. The number of aryl methyl sites for hydroxylation is 1. The molecule has 0 spiro atoms. The van der Waals surface area contributed by atoms with Crippen molar-refractivity contribution >= 4 is 16.6 Å². The molecule has 1 aliphatic rings. The number of hydrogen-bond donors (Lipinski definition) is 3. The van der Waals surface area contributed by atoms with Crippen molar-refractivity contribution in [1.82, 2.24) is 9.97 Å². The molecule has 5 nitrogen and oxygen atoms in total. The fourth-order valence-corrected chi connectivity index (χ4v) is 4.61. The highest BCUT2D eigenvalue weighted by atomic mass is 19.4.